The summed E-state index contributed by atoms with van der Waals surface area (Å²) in [6.07, 6.45) is 0. The Balaban J connectivity index is 2.08. The first kappa shape index (κ1) is 15.0. The molecular weight excluding hydrogens is 323 g/mol. The zero-order valence-corrected chi connectivity index (χ0v) is 12.8. The number of para-hydroxylation sites is 1. The summed E-state index contributed by atoms with van der Waals surface area (Å²) in [6, 6.07) is 14.4. The molecule has 1 aromatic heterocycles. The van der Waals surface area contributed by atoms with E-state index in [-0.39, 0.29) is 22.8 Å². The van der Waals surface area contributed by atoms with Gasteiger partial charge in [-0.1, -0.05) is 24.3 Å². The average molecular weight is 334 g/mol. The molecule has 25 heavy (non-hydrogen) atoms. The molecule has 0 bridgehead atoms. The average Bonchev–Trinajstić information content (AvgIpc) is 2.61. The molecule has 0 saturated carbocycles. The summed E-state index contributed by atoms with van der Waals surface area (Å²) in [5, 5.41) is 10.1. The molecule has 122 valence electrons. The third-order valence-electron chi connectivity index (χ3n) is 4.18. The van der Waals surface area contributed by atoms with Gasteiger partial charge in [-0.05, 0) is 29.8 Å². The minimum absolute atomic E-state index is 0.0833. The van der Waals surface area contributed by atoms with Gasteiger partial charge in [0.2, 0.25) is 5.88 Å². The molecule has 0 saturated heterocycles. The highest BCUT2D eigenvalue weighted by molar-refractivity contribution is 5.85. The zero-order valence-electron chi connectivity index (χ0n) is 12.8. The van der Waals surface area contributed by atoms with Gasteiger partial charge in [-0.3, -0.25) is 0 Å². The van der Waals surface area contributed by atoms with Crippen molar-refractivity contribution in [1.82, 2.24) is 0 Å². The lowest BCUT2D eigenvalue weighted by Gasteiger charge is -2.25. The third-order valence-corrected chi connectivity index (χ3v) is 4.18. The van der Waals surface area contributed by atoms with Gasteiger partial charge >= 0.3 is 5.63 Å². The van der Waals surface area contributed by atoms with Gasteiger partial charge in [0, 0.05) is 0 Å². The van der Waals surface area contributed by atoms with Crippen LogP contribution in [0.4, 0.5) is 4.39 Å². The number of hydrogen-bond acceptors (Lipinski definition) is 5. The van der Waals surface area contributed by atoms with Crippen LogP contribution >= 0.6 is 0 Å². The van der Waals surface area contributed by atoms with Crippen molar-refractivity contribution in [2.75, 3.05) is 0 Å². The summed E-state index contributed by atoms with van der Waals surface area (Å²) in [5.74, 6) is -1.02. The van der Waals surface area contributed by atoms with Crippen LogP contribution in [0, 0.1) is 17.1 Å². The fourth-order valence-corrected chi connectivity index (χ4v) is 3.05. The van der Waals surface area contributed by atoms with Crippen molar-refractivity contribution in [1.29, 1.82) is 5.26 Å². The molecular formula is C19H11FN2O3. The summed E-state index contributed by atoms with van der Waals surface area (Å²) in [7, 11) is 0. The first-order valence-electron chi connectivity index (χ1n) is 7.49. The Bertz CT molecular complexity index is 1120. The number of nitriles is 1. The molecule has 2 N–H and O–H groups in total. The SMILES string of the molecule is N#CC1=C(N)Oc2c(c(=O)oc3ccccc23)C1c1ccc(F)cc1. The van der Waals surface area contributed by atoms with Crippen LogP contribution in [0.5, 0.6) is 5.75 Å². The first-order valence-corrected chi connectivity index (χ1v) is 7.49. The second kappa shape index (κ2) is 5.49. The first-order chi connectivity index (χ1) is 12.1. The third kappa shape index (κ3) is 2.25. The fraction of sp³-hybridized carbons (Fsp3) is 0.0526. The molecule has 6 heteroatoms. The fourth-order valence-electron chi connectivity index (χ4n) is 3.05. The molecule has 1 atom stereocenters. The molecule has 0 fully saturated rings. The summed E-state index contributed by atoms with van der Waals surface area (Å²) < 4.78 is 24.3. The molecule has 1 aliphatic rings. The number of halogens is 1. The summed E-state index contributed by atoms with van der Waals surface area (Å²) in [5.41, 5.74) is 6.48. The van der Waals surface area contributed by atoms with Crippen molar-refractivity contribution in [3.05, 3.63) is 87.4 Å². The van der Waals surface area contributed by atoms with Crippen LogP contribution in [0.15, 0.2) is 69.2 Å². The Morgan fingerprint density at radius 3 is 2.56 bits per heavy atom. The Labute approximate surface area is 141 Å². The molecule has 0 radical (unpaired) electrons. The van der Waals surface area contributed by atoms with E-state index in [1.54, 1.807) is 24.3 Å². The second-order valence-electron chi connectivity index (χ2n) is 5.60. The molecule has 1 unspecified atom stereocenters. The van der Waals surface area contributed by atoms with E-state index in [0.29, 0.717) is 16.5 Å². The highest BCUT2D eigenvalue weighted by atomic mass is 19.1. The molecule has 0 amide bonds. The smallest absolute Gasteiger partial charge is 0.344 e. The van der Waals surface area contributed by atoms with Gasteiger partial charge in [-0.15, -0.1) is 0 Å². The lowest BCUT2D eigenvalue weighted by Crippen LogP contribution is -2.26. The normalized spacial score (nSPS) is 16.2. The Morgan fingerprint density at radius 1 is 1.12 bits per heavy atom. The van der Waals surface area contributed by atoms with Crippen LogP contribution in [0.1, 0.15) is 17.0 Å². The van der Waals surface area contributed by atoms with Crippen molar-refractivity contribution in [2.24, 2.45) is 5.73 Å². The number of allylic oxidation sites excluding steroid dienone is 1. The monoisotopic (exact) mass is 334 g/mol. The van der Waals surface area contributed by atoms with Crippen LogP contribution in [-0.4, -0.2) is 0 Å². The molecule has 0 spiro atoms. The van der Waals surface area contributed by atoms with E-state index in [1.165, 1.54) is 24.3 Å². The van der Waals surface area contributed by atoms with Gasteiger partial charge in [0.1, 0.15) is 23.0 Å². The van der Waals surface area contributed by atoms with Gasteiger partial charge in [-0.25, -0.2) is 9.18 Å². The highest BCUT2D eigenvalue weighted by Gasteiger charge is 2.35. The number of nitrogens with zero attached hydrogens (tertiary/aromatic N) is 1. The van der Waals surface area contributed by atoms with Gasteiger partial charge in [0.05, 0.1) is 16.9 Å². The highest BCUT2D eigenvalue weighted by Crippen LogP contribution is 2.43. The Morgan fingerprint density at radius 2 is 1.84 bits per heavy atom. The minimum atomic E-state index is -0.782. The van der Waals surface area contributed by atoms with Crippen LogP contribution in [-0.2, 0) is 0 Å². The van der Waals surface area contributed by atoms with E-state index in [4.69, 9.17) is 14.9 Å². The van der Waals surface area contributed by atoms with E-state index in [2.05, 4.69) is 0 Å². The summed E-state index contributed by atoms with van der Waals surface area (Å²) in [4.78, 5) is 12.6. The van der Waals surface area contributed by atoms with Gasteiger partial charge in [-0.2, -0.15) is 5.26 Å². The lowest BCUT2D eigenvalue weighted by molar-refractivity contribution is 0.388. The molecule has 0 aliphatic carbocycles. The number of rotatable bonds is 1. The predicted molar refractivity (Wildman–Crippen MR) is 88.2 cm³/mol. The number of benzene rings is 2. The minimum Gasteiger partial charge on any atom is -0.439 e. The maximum Gasteiger partial charge on any atom is 0.344 e. The largest absolute Gasteiger partial charge is 0.439 e. The zero-order chi connectivity index (χ0) is 17.6. The van der Waals surface area contributed by atoms with Crippen LogP contribution in [0.3, 0.4) is 0 Å². The Kier molecular flexibility index (Phi) is 3.29. The van der Waals surface area contributed by atoms with E-state index in [1.807, 2.05) is 6.07 Å². The Hall–Kier alpha value is -3.59. The molecule has 4 rings (SSSR count). The van der Waals surface area contributed by atoms with Crippen molar-refractivity contribution in [2.45, 2.75) is 5.92 Å². The van der Waals surface area contributed by atoms with Crippen molar-refractivity contribution in [3.8, 4) is 11.8 Å². The number of ether oxygens (including phenoxy) is 1. The van der Waals surface area contributed by atoms with Gasteiger partial charge in [0.15, 0.2) is 5.75 Å². The predicted octanol–water partition coefficient (Wildman–Crippen LogP) is 3.15. The maximum atomic E-state index is 13.3. The molecule has 2 aromatic carbocycles. The van der Waals surface area contributed by atoms with Crippen molar-refractivity contribution in [3.63, 3.8) is 0 Å². The molecule has 2 heterocycles. The van der Waals surface area contributed by atoms with E-state index in [9.17, 15) is 14.4 Å². The van der Waals surface area contributed by atoms with E-state index in [0.717, 1.165) is 0 Å². The quantitative estimate of drug-likeness (QED) is 0.691. The molecule has 5 nitrogen and oxygen atoms in total. The summed E-state index contributed by atoms with van der Waals surface area (Å²) in [6.45, 7) is 0. The van der Waals surface area contributed by atoms with Crippen molar-refractivity contribution < 1.29 is 13.5 Å². The maximum absolute atomic E-state index is 13.3. The number of fused-ring (bicyclic) bond motifs is 3. The van der Waals surface area contributed by atoms with Crippen LogP contribution in [0.2, 0.25) is 0 Å². The number of hydrogen-bond donors (Lipinski definition) is 1. The molecule has 3 aromatic rings. The van der Waals surface area contributed by atoms with E-state index < -0.39 is 17.4 Å². The van der Waals surface area contributed by atoms with Crippen LogP contribution in [0.25, 0.3) is 11.0 Å². The van der Waals surface area contributed by atoms with E-state index >= 15 is 0 Å². The van der Waals surface area contributed by atoms with Gasteiger partial charge in [0.25, 0.3) is 0 Å². The van der Waals surface area contributed by atoms with Gasteiger partial charge < -0.3 is 14.9 Å². The topological polar surface area (TPSA) is 89.3 Å². The summed E-state index contributed by atoms with van der Waals surface area (Å²) >= 11 is 0. The lowest BCUT2D eigenvalue weighted by atomic mass is 9.84. The van der Waals surface area contributed by atoms with Crippen LogP contribution < -0.4 is 16.1 Å². The second-order valence-corrected chi connectivity index (χ2v) is 5.60. The standard InChI is InChI=1S/C19H11FN2O3/c20-11-7-5-10(6-8-11)15-13(9-21)18(22)25-17-12-3-1-2-4-14(12)24-19(23)16(15)17/h1-8,15H,22H2. The van der Waals surface area contributed by atoms with Crippen molar-refractivity contribution >= 4 is 11.0 Å². The number of nitrogens with two attached hydrogens (primary N) is 1. The molecule has 1 aliphatic heterocycles.